The van der Waals surface area contributed by atoms with E-state index >= 15 is 0 Å². The molecule has 6 heteroatoms. The summed E-state index contributed by atoms with van der Waals surface area (Å²) in [6, 6.07) is 7.18. The van der Waals surface area contributed by atoms with Crippen molar-refractivity contribution in [3.63, 3.8) is 0 Å². The molecule has 2 aromatic rings. The number of nitrogens with one attached hydrogen (secondary N) is 1. The van der Waals surface area contributed by atoms with Crippen molar-refractivity contribution in [3.05, 3.63) is 67.0 Å². The molecule has 1 atom stereocenters. The van der Waals surface area contributed by atoms with Crippen molar-refractivity contribution in [1.29, 1.82) is 0 Å². The van der Waals surface area contributed by atoms with E-state index in [0.29, 0.717) is 0 Å². The normalized spacial score (nSPS) is 12.5. The second-order valence-electron chi connectivity index (χ2n) is 4.15. The minimum atomic E-state index is -1.45. The van der Waals surface area contributed by atoms with E-state index in [2.05, 4.69) is 43.8 Å². The van der Waals surface area contributed by atoms with Gasteiger partial charge >= 0.3 is 0 Å². The maximum absolute atomic E-state index is 13.9. The number of hydrogen-bond acceptors (Lipinski definition) is 1. The summed E-state index contributed by atoms with van der Waals surface area (Å²) < 4.78 is 42.1. The smallest absolute Gasteiger partial charge is 0.194 e. The van der Waals surface area contributed by atoms with Gasteiger partial charge in [0.25, 0.3) is 0 Å². The summed E-state index contributed by atoms with van der Waals surface area (Å²) in [5.41, 5.74) is 0.856. The van der Waals surface area contributed by atoms with Gasteiger partial charge in [0, 0.05) is 13.6 Å². The first-order valence-electron chi connectivity index (χ1n) is 5.71. The summed E-state index contributed by atoms with van der Waals surface area (Å²) in [5, 5.41) is 2.94. The van der Waals surface area contributed by atoms with Gasteiger partial charge in [0.05, 0.1) is 6.04 Å². The lowest BCUT2D eigenvalue weighted by atomic mass is 9.98. The number of halogens is 5. The van der Waals surface area contributed by atoms with Crippen molar-refractivity contribution in [2.75, 3.05) is 7.05 Å². The van der Waals surface area contributed by atoms with Crippen molar-refractivity contribution in [3.8, 4) is 0 Å². The van der Waals surface area contributed by atoms with E-state index in [1.165, 1.54) is 6.07 Å². The minimum absolute atomic E-state index is 0.0717. The zero-order valence-electron chi connectivity index (χ0n) is 10.4. The van der Waals surface area contributed by atoms with Crippen LogP contribution in [0.5, 0.6) is 0 Å². The van der Waals surface area contributed by atoms with E-state index in [1.807, 2.05) is 18.2 Å². The highest BCUT2D eigenvalue weighted by atomic mass is 127. The van der Waals surface area contributed by atoms with E-state index in [-0.39, 0.29) is 5.56 Å². The van der Waals surface area contributed by atoms with Crippen molar-refractivity contribution >= 4 is 38.5 Å². The Hall–Kier alpha value is -0.600. The average molecular weight is 456 g/mol. The van der Waals surface area contributed by atoms with Crippen molar-refractivity contribution in [1.82, 2.24) is 5.32 Å². The Morgan fingerprint density at radius 1 is 1.05 bits per heavy atom. The van der Waals surface area contributed by atoms with Gasteiger partial charge in [0.1, 0.15) is 0 Å². The lowest BCUT2D eigenvalue weighted by Gasteiger charge is -2.20. The van der Waals surface area contributed by atoms with Crippen LogP contribution >= 0.6 is 38.5 Å². The lowest BCUT2D eigenvalue weighted by Crippen LogP contribution is -2.21. The molecule has 0 amide bonds. The summed E-state index contributed by atoms with van der Waals surface area (Å²) >= 11 is 5.47. The van der Waals surface area contributed by atoms with Gasteiger partial charge in [-0.2, -0.15) is 0 Å². The minimum Gasteiger partial charge on any atom is -0.309 e. The standard InChI is InChI=1S/C14H10BrF3IN/c1-20-14(9-6-7(15)2-5-11(9)19)8-3-4-10(16)13(18)12(8)17/h2-6,14,20H,1H3. The highest BCUT2D eigenvalue weighted by molar-refractivity contribution is 14.1. The number of benzene rings is 2. The molecule has 2 rings (SSSR count). The fraction of sp³-hybridized carbons (Fsp3) is 0.143. The van der Waals surface area contributed by atoms with Gasteiger partial charge in [-0.25, -0.2) is 13.2 Å². The molecule has 1 N–H and O–H groups in total. The highest BCUT2D eigenvalue weighted by Crippen LogP contribution is 2.31. The van der Waals surface area contributed by atoms with Crippen molar-refractivity contribution in [2.45, 2.75) is 6.04 Å². The summed E-state index contributed by atoms with van der Waals surface area (Å²) in [4.78, 5) is 0. The molecule has 0 radical (unpaired) electrons. The molecule has 106 valence electrons. The molecule has 0 heterocycles. The molecule has 2 aromatic carbocycles. The molecule has 0 saturated heterocycles. The van der Waals surface area contributed by atoms with Crippen LogP contribution in [-0.2, 0) is 0 Å². The molecule has 0 aliphatic heterocycles. The molecular weight excluding hydrogens is 446 g/mol. The SMILES string of the molecule is CNC(c1cc(Br)ccc1I)c1ccc(F)c(F)c1F. The van der Waals surface area contributed by atoms with Crippen LogP contribution in [0.2, 0.25) is 0 Å². The molecule has 0 spiro atoms. The summed E-state index contributed by atoms with van der Waals surface area (Å²) in [5.74, 6) is -3.81. The van der Waals surface area contributed by atoms with Crippen LogP contribution in [0, 0.1) is 21.0 Å². The topological polar surface area (TPSA) is 12.0 Å². The summed E-state index contributed by atoms with van der Waals surface area (Å²) in [7, 11) is 1.64. The molecule has 0 bridgehead atoms. The van der Waals surface area contributed by atoms with E-state index in [9.17, 15) is 13.2 Å². The lowest BCUT2D eigenvalue weighted by molar-refractivity contribution is 0.435. The quantitative estimate of drug-likeness (QED) is 0.518. The zero-order chi connectivity index (χ0) is 14.9. The van der Waals surface area contributed by atoms with E-state index < -0.39 is 23.5 Å². The first-order chi connectivity index (χ1) is 9.45. The maximum Gasteiger partial charge on any atom is 0.194 e. The van der Waals surface area contributed by atoms with Crippen LogP contribution in [0.15, 0.2) is 34.8 Å². The van der Waals surface area contributed by atoms with Gasteiger partial charge in [0.15, 0.2) is 17.5 Å². The van der Waals surface area contributed by atoms with E-state index in [0.717, 1.165) is 19.7 Å². The molecule has 0 saturated carbocycles. The Bertz CT molecular complexity index is 649. The van der Waals surface area contributed by atoms with E-state index in [4.69, 9.17) is 0 Å². The Labute approximate surface area is 136 Å². The Balaban J connectivity index is 2.58. The second-order valence-corrected chi connectivity index (χ2v) is 6.23. The molecule has 0 aliphatic carbocycles. The first kappa shape index (κ1) is 15.8. The predicted molar refractivity (Wildman–Crippen MR) is 84.1 cm³/mol. The summed E-state index contributed by atoms with van der Waals surface area (Å²) in [6.07, 6.45) is 0. The van der Waals surface area contributed by atoms with Gasteiger partial charge in [-0.05, 0) is 59.5 Å². The van der Waals surface area contributed by atoms with Crippen LogP contribution in [-0.4, -0.2) is 7.05 Å². The van der Waals surface area contributed by atoms with Gasteiger partial charge in [0.2, 0.25) is 0 Å². The fourth-order valence-corrected chi connectivity index (χ4v) is 3.00. The van der Waals surface area contributed by atoms with Crippen molar-refractivity contribution in [2.24, 2.45) is 0 Å². The van der Waals surface area contributed by atoms with Crippen LogP contribution in [0.25, 0.3) is 0 Å². The molecule has 1 unspecified atom stereocenters. The predicted octanol–water partition coefficient (Wildman–Crippen LogP) is 4.78. The molecule has 0 aromatic heterocycles. The summed E-state index contributed by atoms with van der Waals surface area (Å²) in [6.45, 7) is 0. The molecule has 1 nitrogen and oxygen atoms in total. The number of rotatable bonds is 3. The second kappa shape index (κ2) is 6.44. The van der Waals surface area contributed by atoms with Gasteiger partial charge in [-0.15, -0.1) is 0 Å². The Morgan fingerprint density at radius 3 is 2.40 bits per heavy atom. The van der Waals surface area contributed by atoms with E-state index in [1.54, 1.807) is 7.05 Å². The van der Waals surface area contributed by atoms with Gasteiger partial charge in [-0.1, -0.05) is 22.0 Å². The molecule has 20 heavy (non-hydrogen) atoms. The Kier molecular flexibility index (Phi) is 5.09. The third kappa shape index (κ3) is 3.01. The van der Waals surface area contributed by atoms with Gasteiger partial charge < -0.3 is 5.32 Å². The third-order valence-corrected chi connectivity index (χ3v) is 4.41. The molecular formula is C14H10BrF3IN. The van der Waals surface area contributed by atoms with Crippen molar-refractivity contribution < 1.29 is 13.2 Å². The average Bonchev–Trinajstić information content (AvgIpc) is 2.43. The van der Waals surface area contributed by atoms with Crippen LogP contribution in [0.3, 0.4) is 0 Å². The zero-order valence-corrected chi connectivity index (χ0v) is 14.1. The largest absolute Gasteiger partial charge is 0.309 e. The maximum atomic E-state index is 13.9. The number of hydrogen-bond donors (Lipinski definition) is 1. The Morgan fingerprint density at radius 2 is 1.75 bits per heavy atom. The van der Waals surface area contributed by atoms with Crippen LogP contribution < -0.4 is 5.32 Å². The molecule has 0 fully saturated rings. The van der Waals surface area contributed by atoms with Crippen LogP contribution in [0.4, 0.5) is 13.2 Å². The first-order valence-corrected chi connectivity index (χ1v) is 7.58. The third-order valence-electron chi connectivity index (χ3n) is 2.93. The van der Waals surface area contributed by atoms with Gasteiger partial charge in [-0.3, -0.25) is 0 Å². The fourth-order valence-electron chi connectivity index (χ4n) is 1.98. The molecule has 0 aliphatic rings. The monoisotopic (exact) mass is 455 g/mol. The highest BCUT2D eigenvalue weighted by Gasteiger charge is 2.22. The van der Waals surface area contributed by atoms with Crippen LogP contribution in [0.1, 0.15) is 17.2 Å².